The lowest BCUT2D eigenvalue weighted by Crippen LogP contribution is -2.21. The van der Waals surface area contributed by atoms with Gasteiger partial charge in [-0.05, 0) is 48.9 Å². The summed E-state index contributed by atoms with van der Waals surface area (Å²) in [4.78, 5) is 24.7. The van der Waals surface area contributed by atoms with Crippen molar-refractivity contribution < 1.29 is 23.8 Å². The SMILES string of the molecule is COc1ccc(C)cc1NC(=O)COC(=O)c1ccccc1Oc1ccccc1. The molecule has 1 N–H and O–H groups in total. The van der Waals surface area contributed by atoms with E-state index >= 15 is 0 Å². The number of carbonyl (C=O) groups excluding carboxylic acids is 2. The molecular formula is C23H21NO5. The summed E-state index contributed by atoms with van der Waals surface area (Å²) >= 11 is 0. The molecule has 0 aliphatic rings. The summed E-state index contributed by atoms with van der Waals surface area (Å²) in [5, 5.41) is 2.69. The fraction of sp³-hybridized carbons (Fsp3) is 0.130. The van der Waals surface area contributed by atoms with Crippen LogP contribution in [-0.4, -0.2) is 25.6 Å². The molecule has 0 aromatic heterocycles. The zero-order valence-corrected chi connectivity index (χ0v) is 16.2. The zero-order valence-electron chi connectivity index (χ0n) is 16.2. The van der Waals surface area contributed by atoms with Crippen LogP contribution < -0.4 is 14.8 Å². The molecule has 0 heterocycles. The number of aryl methyl sites for hydroxylation is 1. The number of anilines is 1. The van der Waals surface area contributed by atoms with Crippen molar-refractivity contribution in [3.8, 4) is 17.2 Å². The molecule has 1 amide bonds. The molecule has 3 aromatic rings. The molecule has 6 nitrogen and oxygen atoms in total. The number of ether oxygens (including phenoxy) is 3. The maximum absolute atomic E-state index is 12.5. The molecule has 0 saturated carbocycles. The number of rotatable bonds is 7. The van der Waals surface area contributed by atoms with Gasteiger partial charge in [0.05, 0.1) is 12.8 Å². The van der Waals surface area contributed by atoms with Gasteiger partial charge in [0.1, 0.15) is 22.8 Å². The highest BCUT2D eigenvalue weighted by Gasteiger charge is 2.16. The summed E-state index contributed by atoms with van der Waals surface area (Å²) in [7, 11) is 1.52. The summed E-state index contributed by atoms with van der Waals surface area (Å²) in [6.07, 6.45) is 0. The van der Waals surface area contributed by atoms with Gasteiger partial charge < -0.3 is 19.5 Å². The predicted octanol–water partition coefficient (Wildman–Crippen LogP) is 4.59. The number of para-hydroxylation sites is 2. The lowest BCUT2D eigenvalue weighted by atomic mass is 10.2. The fourth-order valence-electron chi connectivity index (χ4n) is 2.65. The smallest absolute Gasteiger partial charge is 0.342 e. The highest BCUT2D eigenvalue weighted by atomic mass is 16.5. The van der Waals surface area contributed by atoms with Crippen molar-refractivity contribution in [3.63, 3.8) is 0 Å². The van der Waals surface area contributed by atoms with E-state index in [1.54, 1.807) is 48.5 Å². The zero-order chi connectivity index (χ0) is 20.6. The van der Waals surface area contributed by atoms with Crippen molar-refractivity contribution in [1.29, 1.82) is 0 Å². The highest BCUT2D eigenvalue weighted by molar-refractivity contribution is 5.97. The molecular weight excluding hydrogens is 370 g/mol. The maximum Gasteiger partial charge on any atom is 0.342 e. The van der Waals surface area contributed by atoms with Crippen LogP contribution in [0.1, 0.15) is 15.9 Å². The number of carbonyl (C=O) groups is 2. The molecule has 148 valence electrons. The van der Waals surface area contributed by atoms with Crippen molar-refractivity contribution in [1.82, 2.24) is 0 Å². The van der Waals surface area contributed by atoms with Gasteiger partial charge in [-0.1, -0.05) is 36.4 Å². The Labute approximate surface area is 169 Å². The lowest BCUT2D eigenvalue weighted by molar-refractivity contribution is -0.119. The number of hydrogen-bond donors (Lipinski definition) is 1. The summed E-state index contributed by atoms with van der Waals surface area (Å²) in [5.74, 6) is 0.352. The summed E-state index contributed by atoms with van der Waals surface area (Å²) < 4.78 is 16.2. The van der Waals surface area contributed by atoms with E-state index in [0.717, 1.165) is 5.56 Å². The van der Waals surface area contributed by atoms with Crippen molar-refractivity contribution >= 4 is 17.6 Å². The monoisotopic (exact) mass is 391 g/mol. The van der Waals surface area contributed by atoms with E-state index in [4.69, 9.17) is 14.2 Å². The number of amides is 1. The first-order valence-electron chi connectivity index (χ1n) is 9.00. The second-order valence-electron chi connectivity index (χ2n) is 6.24. The second kappa shape index (κ2) is 9.41. The van der Waals surface area contributed by atoms with Gasteiger partial charge in [-0.15, -0.1) is 0 Å². The Morgan fingerprint density at radius 1 is 0.897 bits per heavy atom. The van der Waals surface area contributed by atoms with E-state index in [9.17, 15) is 9.59 Å². The molecule has 0 aliphatic carbocycles. The molecule has 3 rings (SSSR count). The quantitative estimate of drug-likeness (QED) is 0.596. The molecule has 0 saturated heterocycles. The predicted molar refractivity (Wildman–Crippen MR) is 110 cm³/mol. The van der Waals surface area contributed by atoms with Crippen LogP contribution in [0.2, 0.25) is 0 Å². The Morgan fingerprint density at radius 3 is 2.38 bits per heavy atom. The van der Waals surface area contributed by atoms with Gasteiger partial charge >= 0.3 is 5.97 Å². The minimum Gasteiger partial charge on any atom is -0.495 e. The third-order valence-corrected chi connectivity index (χ3v) is 4.04. The van der Waals surface area contributed by atoms with Gasteiger partial charge in [0.15, 0.2) is 6.61 Å². The molecule has 0 radical (unpaired) electrons. The Kier molecular flexibility index (Phi) is 6.47. The van der Waals surface area contributed by atoms with E-state index in [0.29, 0.717) is 22.9 Å². The first-order valence-corrected chi connectivity index (χ1v) is 9.00. The molecule has 0 atom stereocenters. The van der Waals surface area contributed by atoms with Crippen LogP contribution >= 0.6 is 0 Å². The topological polar surface area (TPSA) is 73.9 Å². The van der Waals surface area contributed by atoms with E-state index < -0.39 is 18.5 Å². The van der Waals surface area contributed by atoms with Crippen molar-refractivity contribution in [3.05, 3.63) is 83.9 Å². The van der Waals surface area contributed by atoms with E-state index in [1.807, 2.05) is 31.2 Å². The standard InChI is InChI=1S/C23H21NO5/c1-16-12-13-21(27-2)19(14-16)24-22(25)15-28-23(26)18-10-6-7-11-20(18)29-17-8-4-3-5-9-17/h3-14H,15H2,1-2H3,(H,24,25). The van der Waals surface area contributed by atoms with Crippen LogP contribution in [-0.2, 0) is 9.53 Å². The number of benzene rings is 3. The van der Waals surface area contributed by atoms with E-state index in [2.05, 4.69) is 5.32 Å². The average molecular weight is 391 g/mol. The summed E-state index contributed by atoms with van der Waals surface area (Å²) in [5.41, 5.74) is 1.71. The molecule has 6 heteroatoms. The van der Waals surface area contributed by atoms with Gasteiger partial charge in [-0.25, -0.2) is 4.79 Å². The summed E-state index contributed by atoms with van der Waals surface area (Å²) in [6.45, 7) is 1.47. The third kappa shape index (κ3) is 5.35. The molecule has 0 bridgehead atoms. The van der Waals surface area contributed by atoms with Gasteiger partial charge in [0, 0.05) is 0 Å². The van der Waals surface area contributed by atoms with Gasteiger partial charge in [0.2, 0.25) is 0 Å². The maximum atomic E-state index is 12.5. The van der Waals surface area contributed by atoms with Crippen LogP contribution in [0.5, 0.6) is 17.2 Å². The van der Waals surface area contributed by atoms with Crippen molar-refractivity contribution in [2.75, 3.05) is 19.0 Å². The van der Waals surface area contributed by atoms with Crippen LogP contribution in [0, 0.1) is 6.92 Å². The number of hydrogen-bond acceptors (Lipinski definition) is 5. The first-order chi connectivity index (χ1) is 14.1. The molecule has 29 heavy (non-hydrogen) atoms. The van der Waals surface area contributed by atoms with Crippen LogP contribution in [0.25, 0.3) is 0 Å². The third-order valence-electron chi connectivity index (χ3n) is 4.04. The minimum atomic E-state index is -0.650. The van der Waals surface area contributed by atoms with E-state index in [-0.39, 0.29) is 5.56 Å². The number of esters is 1. The number of methoxy groups -OCH3 is 1. The Balaban J connectivity index is 1.64. The van der Waals surface area contributed by atoms with Gasteiger partial charge in [-0.3, -0.25) is 4.79 Å². The first kappa shape index (κ1) is 19.9. The van der Waals surface area contributed by atoms with Gasteiger partial charge in [-0.2, -0.15) is 0 Å². The molecule has 0 aliphatic heterocycles. The molecule has 0 fully saturated rings. The van der Waals surface area contributed by atoms with Crippen molar-refractivity contribution in [2.24, 2.45) is 0 Å². The van der Waals surface area contributed by atoms with Gasteiger partial charge in [0.25, 0.3) is 5.91 Å². The van der Waals surface area contributed by atoms with Crippen LogP contribution in [0.15, 0.2) is 72.8 Å². The Hall–Kier alpha value is -3.80. The van der Waals surface area contributed by atoms with Crippen LogP contribution in [0.3, 0.4) is 0 Å². The van der Waals surface area contributed by atoms with E-state index in [1.165, 1.54) is 7.11 Å². The average Bonchev–Trinajstić information content (AvgIpc) is 2.73. The minimum absolute atomic E-state index is 0.234. The highest BCUT2D eigenvalue weighted by Crippen LogP contribution is 2.26. The molecule has 3 aromatic carbocycles. The fourth-order valence-corrected chi connectivity index (χ4v) is 2.65. The Morgan fingerprint density at radius 2 is 1.62 bits per heavy atom. The lowest BCUT2D eigenvalue weighted by Gasteiger charge is -2.12. The van der Waals surface area contributed by atoms with Crippen LogP contribution in [0.4, 0.5) is 5.69 Å². The molecule has 0 unspecified atom stereocenters. The second-order valence-corrected chi connectivity index (χ2v) is 6.24. The Bertz CT molecular complexity index is 1000. The largest absolute Gasteiger partial charge is 0.495 e. The molecule has 0 spiro atoms. The summed E-state index contributed by atoms with van der Waals surface area (Å²) in [6, 6.07) is 21.2. The normalized spacial score (nSPS) is 10.1. The number of nitrogens with one attached hydrogen (secondary N) is 1. The van der Waals surface area contributed by atoms with Crippen molar-refractivity contribution in [2.45, 2.75) is 6.92 Å².